The highest BCUT2D eigenvalue weighted by Crippen LogP contribution is 2.25. The summed E-state index contributed by atoms with van der Waals surface area (Å²) in [5.74, 6) is 1.42. The van der Waals surface area contributed by atoms with E-state index < -0.39 is 10.8 Å². The van der Waals surface area contributed by atoms with Gasteiger partial charge in [0.1, 0.15) is 0 Å². The van der Waals surface area contributed by atoms with Crippen LogP contribution in [0.5, 0.6) is 0 Å². The maximum Gasteiger partial charge on any atom is 0.175 e. The molecule has 1 atom stereocenters. The molecule has 0 spiro atoms. The Hall–Kier alpha value is -0.480. The molecule has 0 aromatic heterocycles. The maximum absolute atomic E-state index is 11.9. The van der Waals surface area contributed by atoms with E-state index in [1.165, 1.54) is 25.7 Å². The zero-order chi connectivity index (χ0) is 13.0. The zero-order valence-corrected chi connectivity index (χ0v) is 12.6. The number of ketones is 1. The Morgan fingerprint density at radius 1 is 1.22 bits per heavy atom. The first-order valence-electron chi connectivity index (χ1n) is 6.29. The Labute approximate surface area is 119 Å². The van der Waals surface area contributed by atoms with Crippen LogP contribution in [0.1, 0.15) is 36.0 Å². The number of benzene rings is 1. The van der Waals surface area contributed by atoms with Crippen molar-refractivity contribution in [2.24, 2.45) is 5.92 Å². The predicted octanol–water partition coefficient (Wildman–Crippen LogP) is 3.57. The molecule has 0 amide bonds. The van der Waals surface area contributed by atoms with Crippen molar-refractivity contribution in [1.82, 2.24) is 0 Å². The van der Waals surface area contributed by atoms with E-state index in [1.807, 2.05) is 12.1 Å². The molecular formula is C14H17BrO2S. The third-order valence-electron chi connectivity index (χ3n) is 3.35. The van der Waals surface area contributed by atoms with Gasteiger partial charge in [0.25, 0.3) is 0 Å². The normalized spacial score (nSPS) is 17.8. The summed E-state index contributed by atoms with van der Waals surface area (Å²) in [4.78, 5) is 11.9. The molecule has 1 fully saturated rings. The third-order valence-corrected chi connectivity index (χ3v) is 5.31. The van der Waals surface area contributed by atoms with Crippen molar-refractivity contribution in [2.45, 2.75) is 25.7 Å². The van der Waals surface area contributed by atoms with Crippen LogP contribution in [0, 0.1) is 5.92 Å². The number of hydrogen-bond donors (Lipinski definition) is 0. The molecule has 0 radical (unpaired) electrons. The fourth-order valence-corrected chi connectivity index (χ4v) is 4.06. The fraction of sp³-hybridized carbons (Fsp3) is 0.500. The Kier molecular flexibility index (Phi) is 5.13. The van der Waals surface area contributed by atoms with Gasteiger partial charge in [0.05, 0.1) is 5.75 Å². The molecule has 2 rings (SSSR count). The highest BCUT2D eigenvalue weighted by molar-refractivity contribution is 9.10. The molecule has 0 N–H and O–H groups in total. The van der Waals surface area contributed by atoms with E-state index >= 15 is 0 Å². The summed E-state index contributed by atoms with van der Waals surface area (Å²) >= 11 is 3.33. The number of Topliss-reactive ketones (excluding diaryl/α,β-unsaturated/α-hetero) is 1. The SMILES string of the molecule is O=C(CS(=O)CC1CCCC1)c1ccc(Br)cc1. The first-order valence-corrected chi connectivity index (χ1v) is 8.57. The highest BCUT2D eigenvalue weighted by atomic mass is 79.9. The molecule has 98 valence electrons. The summed E-state index contributed by atoms with van der Waals surface area (Å²) in [7, 11) is -1.01. The van der Waals surface area contributed by atoms with Gasteiger partial charge >= 0.3 is 0 Å². The third kappa shape index (κ3) is 4.02. The van der Waals surface area contributed by atoms with Crippen LogP contribution in [0.2, 0.25) is 0 Å². The number of rotatable bonds is 5. The van der Waals surface area contributed by atoms with Gasteiger partial charge in [-0.2, -0.15) is 0 Å². The van der Waals surface area contributed by atoms with Gasteiger partial charge in [0.15, 0.2) is 5.78 Å². The number of hydrogen-bond acceptors (Lipinski definition) is 2. The van der Waals surface area contributed by atoms with E-state index in [4.69, 9.17) is 0 Å². The van der Waals surface area contributed by atoms with Gasteiger partial charge in [-0.25, -0.2) is 0 Å². The molecule has 0 saturated heterocycles. The van der Waals surface area contributed by atoms with Crippen LogP contribution in [0.3, 0.4) is 0 Å². The van der Waals surface area contributed by atoms with E-state index in [0.29, 0.717) is 17.2 Å². The van der Waals surface area contributed by atoms with Crippen LogP contribution in [0.25, 0.3) is 0 Å². The lowest BCUT2D eigenvalue weighted by Crippen LogP contribution is -2.17. The lowest BCUT2D eigenvalue weighted by molar-refractivity contribution is 0.102. The second-order valence-electron chi connectivity index (χ2n) is 4.83. The molecule has 1 unspecified atom stereocenters. The Bertz CT molecular complexity index is 436. The van der Waals surface area contributed by atoms with E-state index in [-0.39, 0.29) is 11.5 Å². The molecule has 4 heteroatoms. The number of carbonyl (C=O) groups excluding carboxylic acids is 1. The Morgan fingerprint density at radius 3 is 2.44 bits per heavy atom. The minimum Gasteiger partial charge on any atom is -0.293 e. The van der Waals surface area contributed by atoms with Crippen molar-refractivity contribution in [3.63, 3.8) is 0 Å². The molecule has 0 bridgehead atoms. The smallest absolute Gasteiger partial charge is 0.175 e. The van der Waals surface area contributed by atoms with Crippen LogP contribution in [0.4, 0.5) is 0 Å². The molecule has 1 aromatic carbocycles. The summed E-state index contributed by atoms with van der Waals surface area (Å²) in [6, 6.07) is 7.23. The molecule has 1 aliphatic rings. The quantitative estimate of drug-likeness (QED) is 0.774. The van der Waals surface area contributed by atoms with E-state index in [2.05, 4.69) is 15.9 Å². The van der Waals surface area contributed by atoms with E-state index in [9.17, 15) is 9.00 Å². The van der Waals surface area contributed by atoms with Crippen molar-refractivity contribution in [3.05, 3.63) is 34.3 Å². The van der Waals surface area contributed by atoms with Crippen molar-refractivity contribution < 1.29 is 9.00 Å². The molecule has 0 aliphatic heterocycles. The van der Waals surface area contributed by atoms with Crippen molar-refractivity contribution in [1.29, 1.82) is 0 Å². The van der Waals surface area contributed by atoms with Crippen molar-refractivity contribution in [3.8, 4) is 0 Å². The van der Waals surface area contributed by atoms with Gasteiger partial charge in [-0.15, -0.1) is 0 Å². The average molecular weight is 329 g/mol. The highest BCUT2D eigenvalue weighted by Gasteiger charge is 2.19. The monoisotopic (exact) mass is 328 g/mol. The first kappa shape index (κ1) is 13.9. The molecule has 1 aliphatic carbocycles. The summed E-state index contributed by atoms with van der Waals surface area (Å²) in [6.07, 6.45) is 4.86. The number of halogens is 1. The van der Waals surface area contributed by atoms with Gasteiger partial charge in [0, 0.05) is 26.6 Å². The molecule has 1 saturated carbocycles. The second kappa shape index (κ2) is 6.62. The van der Waals surface area contributed by atoms with Gasteiger partial charge < -0.3 is 0 Å². The minimum absolute atomic E-state index is 0.0150. The summed E-state index contributed by atoms with van der Waals surface area (Å²) in [5.41, 5.74) is 0.651. The van der Waals surface area contributed by atoms with Gasteiger partial charge in [-0.3, -0.25) is 9.00 Å². The lowest BCUT2D eigenvalue weighted by atomic mass is 10.1. The maximum atomic E-state index is 11.9. The summed E-state index contributed by atoms with van der Waals surface area (Å²) < 4.78 is 12.9. The van der Waals surface area contributed by atoms with Gasteiger partial charge in [-0.05, 0) is 30.9 Å². The predicted molar refractivity (Wildman–Crippen MR) is 78.3 cm³/mol. The minimum atomic E-state index is -1.01. The summed E-state index contributed by atoms with van der Waals surface area (Å²) in [6.45, 7) is 0. The summed E-state index contributed by atoms with van der Waals surface area (Å²) in [5, 5.41) is 0. The van der Waals surface area contributed by atoms with Crippen LogP contribution in [-0.4, -0.2) is 21.5 Å². The lowest BCUT2D eigenvalue weighted by Gasteiger charge is -2.08. The van der Waals surface area contributed by atoms with Crippen LogP contribution < -0.4 is 0 Å². The Balaban J connectivity index is 1.86. The van der Waals surface area contributed by atoms with Crippen molar-refractivity contribution in [2.75, 3.05) is 11.5 Å². The molecule has 1 aromatic rings. The average Bonchev–Trinajstić information content (AvgIpc) is 2.82. The second-order valence-corrected chi connectivity index (χ2v) is 7.25. The first-order chi connectivity index (χ1) is 8.65. The number of carbonyl (C=O) groups is 1. The Morgan fingerprint density at radius 2 is 1.83 bits per heavy atom. The van der Waals surface area contributed by atoms with Gasteiger partial charge in [-0.1, -0.05) is 40.9 Å². The van der Waals surface area contributed by atoms with E-state index in [0.717, 1.165) is 4.47 Å². The topological polar surface area (TPSA) is 34.1 Å². The molecule has 2 nitrogen and oxygen atoms in total. The van der Waals surface area contributed by atoms with Gasteiger partial charge in [0.2, 0.25) is 0 Å². The van der Waals surface area contributed by atoms with Crippen molar-refractivity contribution >= 4 is 32.5 Å². The fourth-order valence-electron chi connectivity index (χ4n) is 2.36. The van der Waals surface area contributed by atoms with E-state index in [1.54, 1.807) is 12.1 Å². The zero-order valence-electron chi connectivity index (χ0n) is 10.2. The largest absolute Gasteiger partial charge is 0.293 e. The van der Waals surface area contributed by atoms with Crippen LogP contribution >= 0.6 is 15.9 Å². The van der Waals surface area contributed by atoms with Crippen LogP contribution in [-0.2, 0) is 10.8 Å². The molecule has 18 heavy (non-hydrogen) atoms. The van der Waals surface area contributed by atoms with Crippen LogP contribution in [0.15, 0.2) is 28.7 Å². The molecule has 0 heterocycles. The molecular weight excluding hydrogens is 312 g/mol. The standard InChI is InChI=1S/C14H17BrO2S/c15-13-7-5-12(6-8-13)14(16)10-18(17)9-11-3-1-2-4-11/h5-8,11H,1-4,9-10H2.